The van der Waals surface area contributed by atoms with Crippen LogP contribution in [0.3, 0.4) is 0 Å². The number of H-pyrrole nitrogens is 1. The van der Waals surface area contributed by atoms with Crippen LogP contribution in [-0.2, 0) is 0 Å². The van der Waals surface area contributed by atoms with Crippen molar-refractivity contribution in [2.24, 2.45) is 10.2 Å². The molecule has 6 nitrogen and oxygen atoms in total. The Labute approximate surface area is 92.6 Å². The molecule has 0 fully saturated rings. The van der Waals surface area contributed by atoms with Gasteiger partial charge < -0.3 is 11.1 Å². The zero-order chi connectivity index (χ0) is 11.4. The first-order valence-electron chi connectivity index (χ1n) is 4.79. The van der Waals surface area contributed by atoms with Gasteiger partial charge in [-0.3, -0.25) is 5.10 Å². The zero-order valence-corrected chi connectivity index (χ0v) is 8.81. The number of hydrogen-bond acceptors (Lipinski definition) is 5. The van der Waals surface area contributed by atoms with Gasteiger partial charge in [-0.15, -0.1) is 5.11 Å². The van der Waals surface area contributed by atoms with Crippen LogP contribution in [0.2, 0.25) is 0 Å². The molecule has 0 unspecified atom stereocenters. The summed E-state index contributed by atoms with van der Waals surface area (Å²) in [6.07, 6.45) is 0. The van der Waals surface area contributed by atoms with Crippen LogP contribution < -0.4 is 11.1 Å². The molecule has 0 aliphatic heterocycles. The van der Waals surface area contributed by atoms with Crippen molar-refractivity contribution < 1.29 is 0 Å². The molecule has 0 aliphatic carbocycles. The summed E-state index contributed by atoms with van der Waals surface area (Å²) in [6.45, 7) is 0. The maximum atomic E-state index is 5.67. The van der Waals surface area contributed by atoms with Gasteiger partial charge in [0.2, 0.25) is 0 Å². The number of hydrogen-bond donors (Lipinski definition) is 3. The number of rotatable bonds is 3. The second kappa shape index (κ2) is 4.43. The first kappa shape index (κ1) is 10.2. The van der Waals surface area contributed by atoms with Crippen molar-refractivity contribution >= 4 is 23.0 Å². The molecular formula is C10H12N6. The Hall–Kier alpha value is -2.37. The van der Waals surface area contributed by atoms with E-state index in [-0.39, 0.29) is 0 Å². The predicted molar refractivity (Wildman–Crippen MR) is 63.2 cm³/mol. The number of benzene rings is 1. The van der Waals surface area contributed by atoms with Gasteiger partial charge in [0.15, 0.2) is 11.5 Å². The maximum absolute atomic E-state index is 5.67. The summed E-state index contributed by atoms with van der Waals surface area (Å²) in [5.74, 6) is 0.973. The Morgan fingerprint density at radius 1 is 1.25 bits per heavy atom. The number of nitrogens with zero attached hydrogens (tertiary/aromatic N) is 3. The number of aromatic nitrogens is 2. The van der Waals surface area contributed by atoms with Crippen LogP contribution in [0.25, 0.3) is 0 Å². The molecule has 82 valence electrons. The minimum atomic E-state index is 0.393. The molecule has 6 heteroatoms. The van der Waals surface area contributed by atoms with Crippen LogP contribution in [0, 0.1) is 0 Å². The molecule has 0 radical (unpaired) electrons. The van der Waals surface area contributed by atoms with E-state index in [0.717, 1.165) is 5.69 Å². The van der Waals surface area contributed by atoms with Crippen LogP contribution in [0.1, 0.15) is 0 Å². The molecule has 4 N–H and O–H groups in total. The predicted octanol–water partition coefficient (Wildman–Crippen LogP) is 2.45. The molecule has 0 amide bonds. The van der Waals surface area contributed by atoms with E-state index < -0.39 is 0 Å². The summed E-state index contributed by atoms with van der Waals surface area (Å²) >= 11 is 0. The molecule has 0 atom stereocenters. The number of azo groups is 1. The summed E-state index contributed by atoms with van der Waals surface area (Å²) in [4.78, 5) is 0. The van der Waals surface area contributed by atoms with Gasteiger partial charge in [0, 0.05) is 7.05 Å². The third kappa shape index (κ3) is 2.00. The summed E-state index contributed by atoms with van der Waals surface area (Å²) in [6, 6.07) is 9.43. The van der Waals surface area contributed by atoms with Crippen molar-refractivity contribution in [1.82, 2.24) is 10.2 Å². The number of anilines is 2. The lowest BCUT2D eigenvalue weighted by Crippen LogP contribution is -1.87. The van der Waals surface area contributed by atoms with Gasteiger partial charge in [0.1, 0.15) is 5.82 Å². The van der Waals surface area contributed by atoms with E-state index in [1.54, 1.807) is 7.05 Å². The molecular weight excluding hydrogens is 204 g/mol. The van der Waals surface area contributed by atoms with Crippen LogP contribution in [0.4, 0.5) is 23.0 Å². The van der Waals surface area contributed by atoms with Gasteiger partial charge in [-0.25, -0.2) is 0 Å². The molecule has 16 heavy (non-hydrogen) atoms. The second-order valence-corrected chi connectivity index (χ2v) is 3.12. The highest BCUT2D eigenvalue weighted by molar-refractivity contribution is 5.72. The highest BCUT2D eigenvalue weighted by Gasteiger charge is 2.08. The van der Waals surface area contributed by atoms with Crippen LogP contribution in [0.15, 0.2) is 40.6 Å². The third-order valence-electron chi connectivity index (χ3n) is 2.03. The monoisotopic (exact) mass is 216 g/mol. The van der Waals surface area contributed by atoms with E-state index >= 15 is 0 Å². The minimum Gasteiger partial charge on any atom is -0.382 e. The average Bonchev–Trinajstić information content (AvgIpc) is 2.69. The Morgan fingerprint density at radius 3 is 2.69 bits per heavy atom. The van der Waals surface area contributed by atoms with Crippen LogP contribution >= 0.6 is 0 Å². The third-order valence-corrected chi connectivity index (χ3v) is 2.03. The van der Waals surface area contributed by atoms with Crippen molar-refractivity contribution in [3.05, 3.63) is 30.3 Å². The van der Waals surface area contributed by atoms with Crippen LogP contribution in [-0.4, -0.2) is 17.2 Å². The van der Waals surface area contributed by atoms with Crippen molar-refractivity contribution in [2.75, 3.05) is 18.1 Å². The SMILES string of the molecule is CNc1n[nH]c(N)c1N=Nc1ccccc1. The van der Waals surface area contributed by atoms with Gasteiger partial charge in [0.25, 0.3) is 0 Å². The van der Waals surface area contributed by atoms with Gasteiger partial charge in [0.05, 0.1) is 5.69 Å². The Bertz CT molecular complexity index is 487. The number of nitrogens with one attached hydrogen (secondary N) is 2. The molecule has 0 spiro atoms. The lowest BCUT2D eigenvalue weighted by atomic mass is 10.3. The quantitative estimate of drug-likeness (QED) is 0.688. The van der Waals surface area contributed by atoms with E-state index in [1.807, 2.05) is 30.3 Å². The largest absolute Gasteiger partial charge is 0.382 e. The van der Waals surface area contributed by atoms with Gasteiger partial charge in [-0.2, -0.15) is 10.2 Å². The van der Waals surface area contributed by atoms with Gasteiger partial charge in [-0.05, 0) is 12.1 Å². The smallest absolute Gasteiger partial charge is 0.177 e. The number of nitrogen functional groups attached to an aromatic ring is 1. The van der Waals surface area contributed by atoms with Crippen molar-refractivity contribution in [3.63, 3.8) is 0 Å². The van der Waals surface area contributed by atoms with Gasteiger partial charge in [-0.1, -0.05) is 18.2 Å². The molecule has 0 bridgehead atoms. The first-order valence-corrected chi connectivity index (χ1v) is 4.79. The summed E-state index contributed by atoms with van der Waals surface area (Å²) in [7, 11) is 1.75. The fraction of sp³-hybridized carbons (Fsp3) is 0.100. The van der Waals surface area contributed by atoms with E-state index in [4.69, 9.17) is 5.73 Å². The van der Waals surface area contributed by atoms with E-state index in [9.17, 15) is 0 Å². The molecule has 1 heterocycles. The molecule has 2 aromatic rings. The minimum absolute atomic E-state index is 0.393. The summed E-state index contributed by atoms with van der Waals surface area (Å²) < 4.78 is 0. The summed E-state index contributed by atoms with van der Waals surface area (Å²) in [5.41, 5.74) is 6.96. The molecule has 0 saturated heterocycles. The Kier molecular flexibility index (Phi) is 2.81. The second-order valence-electron chi connectivity index (χ2n) is 3.12. The molecule has 0 saturated carbocycles. The van der Waals surface area contributed by atoms with E-state index in [2.05, 4.69) is 25.7 Å². The fourth-order valence-electron chi connectivity index (χ4n) is 1.23. The fourth-order valence-corrected chi connectivity index (χ4v) is 1.23. The highest BCUT2D eigenvalue weighted by Crippen LogP contribution is 2.29. The van der Waals surface area contributed by atoms with Crippen molar-refractivity contribution in [1.29, 1.82) is 0 Å². The van der Waals surface area contributed by atoms with E-state index in [0.29, 0.717) is 17.3 Å². The first-order chi connectivity index (χ1) is 7.81. The average molecular weight is 216 g/mol. The molecule has 1 aromatic carbocycles. The normalized spacial score (nSPS) is 10.8. The lowest BCUT2D eigenvalue weighted by Gasteiger charge is -1.95. The molecule has 2 rings (SSSR count). The number of aromatic amines is 1. The topological polar surface area (TPSA) is 91.5 Å². The standard InChI is InChI=1S/C10H12N6/c1-12-10-8(9(11)15-16-10)14-13-7-5-3-2-4-6-7/h2-6H,1H3,(H4,11,12,15,16). The molecule has 1 aromatic heterocycles. The Balaban J connectivity index is 2.27. The van der Waals surface area contributed by atoms with Crippen molar-refractivity contribution in [3.8, 4) is 0 Å². The Morgan fingerprint density at radius 2 is 2.00 bits per heavy atom. The molecule has 0 aliphatic rings. The zero-order valence-electron chi connectivity index (χ0n) is 8.81. The summed E-state index contributed by atoms with van der Waals surface area (Å²) in [5, 5.41) is 17.6. The van der Waals surface area contributed by atoms with E-state index in [1.165, 1.54) is 0 Å². The van der Waals surface area contributed by atoms with Gasteiger partial charge >= 0.3 is 0 Å². The van der Waals surface area contributed by atoms with Crippen molar-refractivity contribution in [2.45, 2.75) is 0 Å². The lowest BCUT2D eigenvalue weighted by molar-refractivity contribution is 1.10. The highest BCUT2D eigenvalue weighted by atomic mass is 15.3. The number of nitrogens with two attached hydrogens (primary N) is 1. The maximum Gasteiger partial charge on any atom is 0.177 e. The van der Waals surface area contributed by atoms with Crippen LogP contribution in [0.5, 0.6) is 0 Å².